The molecule has 3 N–H and O–H groups in total. The van der Waals surface area contributed by atoms with Gasteiger partial charge in [-0.05, 0) is 19.1 Å². The van der Waals surface area contributed by atoms with Gasteiger partial charge in [-0.25, -0.2) is 10.1 Å². The molecule has 0 atom stereocenters. The average Bonchev–Trinajstić information content (AvgIpc) is 2.79. The van der Waals surface area contributed by atoms with E-state index in [1.807, 2.05) is 0 Å². The van der Waals surface area contributed by atoms with Crippen LogP contribution in [0, 0.1) is 17.0 Å². The summed E-state index contributed by atoms with van der Waals surface area (Å²) >= 11 is 0. The fourth-order valence-corrected chi connectivity index (χ4v) is 1.54. The normalized spacial score (nSPS) is 10.8. The van der Waals surface area contributed by atoms with Crippen molar-refractivity contribution in [1.82, 2.24) is 14.9 Å². The first kappa shape index (κ1) is 14.2. The van der Waals surface area contributed by atoms with Crippen LogP contribution in [-0.4, -0.2) is 33.1 Å². The summed E-state index contributed by atoms with van der Waals surface area (Å²) < 4.78 is 6.14. The molecule has 1 aromatic heterocycles. The second-order valence-electron chi connectivity index (χ2n) is 4.00. The van der Waals surface area contributed by atoms with Gasteiger partial charge in [-0.1, -0.05) is 0 Å². The molecule has 21 heavy (non-hydrogen) atoms. The summed E-state index contributed by atoms with van der Waals surface area (Å²) in [5, 5.41) is 22.3. The van der Waals surface area contributed by atoms with Gasteiger partial charge in [0.2, 0.25) is 0 Å². The number of nitrogens with one attached hydrogen (secondary N) is 1. The zero-order chi connectivity index (χ0) is 15.4. The fraction of sp³-hybridized carbons (Fsp3) is 0.182. The predicted molar refractivity (Wildman–Crippen MR) is 75.8 cm³/mol. The number of benzene rings is 1. The SMILES string of the molecule is COc1ccc(/C=N/Nc2nnc(C)n2N)cc1[N+](=O)[O-]. The average molecular weight is 291 g/mol. The molecule has 0 unspecified atom stereocenters. The third kappa shape index (κ3) is 3.05. The van der Waals surface area contributed by atoms with Gasteiger partial charge in [0.1, 0.15) is 0 Å². The predicted octanol–water partition coefficient (Wildman–Crippen LogP) is 0.663. The van der Waals surface area contributed by atoms with Gasteiger partial charge in [0.05, 0.1) is 18.2 Å². The van der Waals surface area contributed by atoms with Crippen LogP contribution in [0.3, 0.4) is 0 Å². The van der Waals surface area contributed by atoms with Gasteiger partial charge in [0.25, 0.3) is 5.95 Å². The molecule has 0 saturated carbocycles. The van der Waals surface area contributed by atoms with Crippen molar-refractivity contribution in [2.45, 2.75) is 6.92 Å². The van der Waals surface area contributed by atoms with E-state index in [4.69, 9.17) is 10.6 Å². The van der Waals surface area contributed by atoms with E-state index >= 15 is 0 Å². The number of methoxy groups -OCH3 is 1. The first-order valence-electron chi connectivity index (χ1n) is 5.81. The lowest BCUT2D eigenvalue weighted by molar-refractivity contribution is -0.385. The maximum Gasteiger partial charge on any atom is 0.311 e. The lowest BCUT2D eigenvalue weighted by Gasteiger charge is -2.02. The summed E-state index contributed by atoms with van der Waals surface area (Å²) in [5.74, 6) is 6.59. The Morgan fingerprint density at radius 1 is 1.52 bits per heavy atom. The number of rotatable bonds is 5. The van der Waals surface area contributed by atoms with Crippen LogP contribution in [0.25, 0.3) is 0 Å². The Labute approximate surface area is 119 Å². The van der Waals surface area contributed by atoms with Gasteiger partial charge in [0, 0.05) is 11.6 Å². The number of nitrogens with two attached hydrogens (primary N) is 1. The highest BCUT2D eigenvalue weighted by atomic mass is 16.6. The number of hydrogen-bond acceptors (Lipinski definition) is 8. The number of nitro groups is 1. The Morgan fingerprint density at radius 3 is 2.86 bits per heavy atom. The Hall–Kier alpha value is -3.17. The molecule has 0 aliphatic heterocycles. The van der Waals surface area contributed by atoms with E-state index in [0.29, 0.717) is 11.4 Å². The number of hydrogen-bond donors (Lipinski definition) is 2. The molecule has 0 bridgehead atoms. The lowest BCUT2D eigenvalue weighted by atomic mass is 10.2. The molecule has 0 aliphatic carbocycles. The molecule has 2 rings (SSSR count). The number of nitro benzene ring substituents is 1. The van der Waals surface area contributed by atoms with Crippen molar-refractivity contribution < 1.29 is 9.66 Å². The minimum atomic E-state index is -0.524. The van der Waals surface area contributed by atoms with E-state index in [0.717, 1.165) is 0 Å². The molecular weight excluding hydrogens is 278 g/mol. The molecule has 0 saturated heterocycles. The second-order valence-corrected chi connectivity index (χ2v) is 4.00. The van der Waals surface area contributed by atoms with Crippen LogP contribution in [0.2, 0.25) is 0 Å². The van der Waals surface area contributed by atoms with Gasteiger partial charge in [-0.3, -0.25) is 10.1 Å². The fourth-order valence-electron chi connectivity index (χ4n) is 1.54. The van der Waals surface area contributed by atoms with Crippen molar-refractivity contribution >= 4 is 17.9 Å². The van der Waals surface area contributed by atoms with E-state index in [-0.39, 0.29) is 17.4 Å². The summed E-state index contributed by atoms with van der Waals surface area (Å²) in [5.41, 5.74) is 2.98. The number of aryl methyl sites for hydroxylation is 1. The van der Waals surface area contributed by atoms with E-state index < -0.39 is 4.92 Å². The summed E-state index contributed by atoms with van der Waals surface area (Å²) in [7, 11) is 1.37. The summed E-state index contributed by atoms with van der Waals surface area (Å²) in [4.78, 5) is 10.4. The third-order valence-corrected chi connectivity index (χ3v) is 2.64. The van der Waals surface area contributed by atoms with Gasteiger partial charge in [-0.2, -0.15) is 5.10 Å². The van der Waals surface area contributed by atoms with Crippen LogP contribution in [0.4, 0.5) is 11.6 Å². The standard InChI is InChI=1S/C11H13N7O3/c1-7-14-16-11(17(7)12)15-13-6-8-3-4-10(21-2)9(5-8)18(19)20/h3-6H,12H2,1-2H3,(H,15,16)/b13-6+. The number of anilines is 1. The molecule has 10 heteroatoms. The number of hydrazone groups is 1. The number of ether oxygens (including phenoxy) is 1. The Bertz CT molecular complexity index is 695. The molecular formula is C11H13N7O3. The van der Waals surface area contributed by atoms with E-state index in [1.165, 1.54) is 30.1 Å². The van der Waals surface area contributed by atoms with E-state index in [2.05, 4.69) is 20.7 Å². The summed E-state index contributed by atoms with van der Waals surface area (Å²) in [6, 6.07) is 4.48. The Kier molecular flexibility index (Phi) is 3.97. The number of nitrogen functional groups attached to an aromatic ring is 1. The van der Waals surface area contributed by atoms with Crippen LogP contribution in [0.1, 0.15) is 11.4 Å². The quantitative estimate of drug-likeness (QED) is 0.357. The third-order valence-electron chi connectivity index (χ3n) is 2.64. The highest BCUT2D eigenvalue weighted by Crippen LogP contribution is 2.26. The smallest absolute Gasteiger partial charge is 0.311 e. The molecule has 0 spiro atoms. The molecule has 1 aromatic carbocycles. The van der Waals surface area contributed by atoms with Crippen molar-refractivity contribution in [3.8, 4) is 5.75 Å². The lowest BCUT2D eigenvalue weighted by Crippen LogP contribution is -2.13. The minimum Gasteiger partial charge on any atom is -0.490 e. The van der Waals surface area contributed by atoms with Crippen molar-refractivity contribution in [1.29, 1.82) is 0 Å². The summed E-state index contributed by atoms with van der Waals surface area (Å²) in [6.07, 6.45) is 1.40. The Morgan fingerprint density at radius 2 is 2.29 bits per heavy atom. The van der Waals surface area contributed by atoms with Gasteiger partial charge >= 0.3 is 5.69 Å². The maximum absolute atomic E-state index is 10.9. The summed E-state index contributed by atoms with van der Waals surface area (Å²) in [6.45, 7) is 1.69. The number of nitrogens with zero attached hydrogens (tertiary/aromatic N) is 5. The monoisotopic (exact) mass is 291 g/mol. The first-order valence-corrected chi connectivity index (χ1v) is 5.81. The second kappa shape index (κ2) is 5.86. The molecule has 110 valence electrons. The molecule has 0 radical (unpaired) electrons. The first-order chi connectivity index (χ1) is 10.0. The molecule has 0 fully saturated rings. The van der Waals surface area contributed by atoms with Crippen LogP contribution in [-0.2, 0) is 0 Å². The van der Waals surface area contributed by atoms with Crippen molar-refractivity contribution in [2.75, 3.05) is 18.4 Å². The van der Waals surface area contributed by atoms with Crippen LogP contribution < -0.4 is 16.0 Å². The van der Waals surface area contributed by atoms with E-state index in [1.54, 1.807) is 13.0 Å². The van der Waals surface area contributed by atoms with Crippen LogP contribution >= 0.6 is 0 Å². The highest BCUT2D eigenvalue weighted by molar-refractivity contribution is 5.82. The largest absolute Gasteiger partial charge is 0.490 e. The number of aromatic nitrogens is 3. The van der Waals surface area contributed by atoms with Crippen LogP contribution in [0.5, 0.6) is 5.75 Å². The Balaban J connectivity index is 2.16. The van der Waals surface area contributed by atoms with Crippen molar-refractivity contribution in [2.24, 2.45) is 5.10 Å². The topological polar surface area (TPSA) is 133 Å². The molecule has 0 amide bonds. The van der Waals surface area contributed by atoms with E-state index in [9.17, 15) is 10.1 Å². The van der Waals surface area contributed by atoms with Crippen LogP contribution in [0.15, 0.2) is 23.3 Å². The zero-order valence-electron chi connectivity index (χ0n) is 11.3. The van der Waals surface area contributed by atoms with Crippen molar-refractivity contribution in [3.05, 3.63) is 39.7 Å². The van der Waals surface area contributed by atoms with Crippen molar-refractivity contribution in [3.63, 3.8) is 0 Å². The molecule has 0 aliphatic rings. The molecule has 1 heterocycles. The zero-order valence-corrected chi connectivity index (χ0v) is 11.3. The molecule has 2 aromatic rings. The molecule has 10 nitrogen and oxygen atoms in total. The highest BCUT2D eigenvalue weighted by Gasteiger charge is 2.14. The van der Waals surface area contributed by atoms with Gasteiger partial charge in [-0.15, -0.1) is 10.2 Å². The maximum atomic E-state index is 10.9. The minimum absolute atomic E-state index is 0.140. The van der Waals surface area contributed by atoms with Gasteiger partial charge in [0.15, 0.2) is 11.6 Å². The van der Waals surface area contributed by atoms with Gasteiger partial charge < -0.3 is 10.6 Å².